The van der Waals surface area contributed by atoms with Gasteiger partial charge in [0.05, 0.1) is 12.2 Å². The lowest BCUT2D eigenvalue weighted by Crippen LogP contribution is -1.98. The molecule has 6 nitrogen and oxygen atoms in total. The minimum absolute atomic E-state index is 0.174. The first-order valence-electron chi connectivity index (χ1n) is 8.45. The van der Waals surface area contributed by atoms with Crippen LogP contribution in [0, 0.1) is 11.3 Å². The summed E-state index contributed by atoms with van der Waals surface area (Å²) in [5.74, 6) is -0.799. The van der Waals surface area contributed by atoms with Gasteiger partial charge in [0.1, 0.15) is 23.1 Å². The average molecular weight is 362 g/mol. The Morgan fingerprint density at radius 2 is 2.04 bits per heavy atom. The number of carboxylic acid groups (broad SMARTS) is 1. The molecule has 2 aromatic carbocycles. The molecule has 3 rings (SSSR count). The highest BCUT2D eigenvalue weighted by Gasteiger charge is 2.14. The Labute approximate surface area is 156 Å². The molecule has 6 heteroatoms. The Kier molecular flexibility index (Phi) is 5.13. The van der Waals surface area contributed by atoms with Gasteiger partial charge in [-0.15, -0.1) is 0 Å². The Morgan fingerprint density at radius 1 is 1.22 bits per heavy atom. The number of benzene rings is 2. The van der Waals surface area contributed by atoms with Crippen molar-refractivity contribution >= 4 is 5.97 Å². The fraction of sp³-hybridized carbons (Fsp3) is 0.143. The van der Waals surface area contributed by atoms with Crippen molar-refractivity contribution in [1.82, 2.24) is 4.57 Å². The number of rotatable bonds is 6. The van der Waals surface area contributed by atoms with E-state index in [9.17, 15) is 15.2 Å². The van der Waals surface area contributed by atoms with Gasteiger partial charge in [0.2, 0.25) is 0 Å². The van der Waals surface area contributed by atoms with E-state index < -0.39 is 5.97 Å². The van der Waals surface area contributed by atoms with E-state index >= 15 is 0 Å². The molecule has 136 valence electrons. The lowest BCUT2D eigenvalue weighted by molar-refractivity contribution is 0.0693. The maximum atomic E-state index is 11.0. The molecule has 3 aromatic rings. The summed E-state index contributed by atoms with van der Waals surface area (Å²) in [6.07, 6.45) is 4.32. The summed E-state index contributed by atoms with van der Waals surface area (Å²) in [5, 5.41) is 28.4. The van der Waals surface area contributed by atoms with Gasteiger partial charge in [-0.25, -0.2) is 4.79 Å². The highest BCUT2D eigenvalue weighted by Crippen LogP contribution is 2.30. The number of aromatic nitrogens is 1. The molecule has 0 aliphatic carbocycles. The van der Waals surface area contributed by atoms with Crippen molar-refractivity contribution in [3.05, 3.63) is 66.0 Å². The molecule has 27 heavy (non-hydrogen) atoms. The Hall–Kier alpha value is -3.72. The van der Waals surface area contributed by atoms with E-state index in [1.165, 1.54) is 12.1 Å². The van der Waals surface area contributed by atoms with Gasteiger partial charge in [-0.3, -0.25) is 0 Å². The molecule has 0 aliphatic rings. The first-order chi connectivity index (χ1) is 13.0. The van der Waals surface area contributed by atoms with Crippen LogP contribution in [0.25, 0.3) is 16.8 Å². The summed E-state index contributed by atoms with van der Waals surface area (Å²) in [5.41, 5.74) is 2.40. The summed E-state index contributed by atoms with van der Waals surface area (Å²) in [6.45, 7) is 2.65. The predicted molar refractivity (Wildman–Crippen MR) is 100 cm³/mol. The summed E-state index contributed by atoms with van der Waals surface area (Å²) in [6, 6.07) is 13.9. The van der Waals surface area contributed by atoms with Crippen molar-refractivity contribution in [1.29, 1.82) is 5.26 Å². The van der Waals surface area contributed by atoms with Crippen LogP contribution in [0.1, 0.15) is 29.3 Å². The zero-order valence-corrected chi connectivity index (χ0v) is 14.7. The second-order valence-electron chi connectivity index (χ2n) is 5.99. The minimum atomic E-state index is -1.20. The number of aromatic carboxylic acids is 1. The molecule has 1 aromatic heterocycles. The Bertz CT molecular complexity index is 1030. The standard InChI is InChI=1S/C21H18N2O4/c1-2-8-27-17-5-3-4-14(9-17)19-13-23(12-15(19)11-22)16-6-7-18(21(25)26)20(24)10-16/h3-7,9-10,12-13,24H,2,8H2,1H3,(H,25,26). The van der Waals surface area contributed by atoms with Crippen LogP contribution in [0.15, 0.2) is 54.9 Å². The van der Waals surface area contributed by atoms with E-state index in [0.717, 1.165) is 23.3 Å². The molecule has 0 atom stereocenters. The third kappa shape index (κ3) is 3.77. The van der Waals surface area contributed by atoms with Crippen LogP contribution in [0.5, 0.6) is 11.5 Å². The monoisotopic (exact) mass is 362 g/mol. The number of carboxylic acids is 1. The topological polar surface area (TPSA) is 95.5 Å². The number of nitriles is 1. The van der Waals surface area contributed by atoms with Crippen molar-refractivity contribution in [3.8, 4) is 34.4 Å². The second-order valence-corrected chi connectivity index (χ2v) is 5.99. The van der Waals surface area contributed by atoms with Gasteiger partial charge < -0.3 is 19.5 Å². The van der Waals surface area contributed by atoms with Crippen molar-refractivity contribution in [2.75, 3.05) is 6.61 Å². The van der Waals surface area contributed by atoms with Gasteiger partial charge in [0.25, 0.3) is 0 Å². The second kappa shape index (κ2) is 7.67. The third-order valence-electron chi connectivity index (χ3n) is 4.07. The van der Waals surface area contributed by atoms with Gasteiger partial charge in [0.15, 0.2) is 0 Å². The first-order valence-corrected chi connectivity index (χ1v) is 8.45. The highest BCUT2D eigenvalue weighted by molar-refractivity contribution is 5.91. The van der Waals surface area contributed by atoms with Gasteiger partial charge >= 0.3 is 5.97 Å². The summed E-state index contributed by atoms with van der Waals surface area (Å²) >= 11 is 0. The van der Waals surface area contributed by atoms with Crippen LogP contribution in [-0.4, -0.2) is 27.4 Å². The first kappa shape index (κ1) is 18.1. The van der Waals surface area contributed by atoms with Crippen molar-refractivity contribution in [3.63, 3.8) is 0 Å². The minimum Gasteiger partial charge on any atom is -0.507 e. The summed E-state index contributed by atoms with van der Waals surface area (Å²) in [4.78, 5) is 11.0. The molecular weight excluding hydrogens is 344 g/mol. The number of aromatic hydroxyl groups is 1. The zero-order chi connectivity index (χ0) is 19.4. The number of carbonyl (C=O) groups is 1. The zero-order valence-electron chi connectivity index (χ0n) is 14.7. The molecule has 0 fully saturated rings. The van der Waals surface area contributed by atoms with E-state index in [1.807, 2.05) is 31.2 Å². The molecule has 0 saturated heterocycles. The van der Waals surface area contributed by atoms with Crippen LogP contribution < -0.4 is 4.74 Å². The fourth-order valence-corrected chi connectivity index (χ4v) is 2.76. The number of hydrogen-bond donors (Lipinski definition) is 2. The van der Waals surface area contributed by atoms with Crippen LogP contribution >= 0.6 is 0 Å². The summed E-state index contributed by atoms with van der Waals surface area (Å²) in [7, 11) is 0. The normalized spacial score (nSPS) is 10.4. The summed E-state index contributed by atoms with van der Waals surface area (Å²) < 4.78 is 7.33. The van der Waals surface area contributed by atoms with Gasteiger partial charge in [-0.05, 0) is 36.2 Å². The van der Waals surface area contributed by atoms with E-state index in [-0.39, 0.29) is 11.3 Å². The largest absolute Gasteiger partial charge is 0.507 e. The van der Waals surface area contributed by atoms with Crippen LogP contribution in [0.2, 0.25) is 0 Å². The molecule has 0 aliphatic heterocycles. The number of hydrogen-bond acceptors (Lipinski definition) is 4. The van der Waals surface area contributed by atoms with Crippen molar-refractivity contribution < 1.29 is 19.7 Å². The Balaban J connectivity index is 2.01. The molecule has 2 N–H and O–H groups in total. The number of nitrogens with zero attached hydrogens (tertiary/aromatic N) is 2. The van der Waals surface area contributed by atoms with Crippen LogP contribution in [-0.2, 0) is 0 Å². The molecule has 1 heterocycles. The van der Waals surface area contributed by atoms with Gasteiger partial charge in [0, 0.05) is 29.7 Å². The van der Waals surface area contributed by atoms with Gasteiger partial charge in [-0.2, -0.15) is 5.26 Å². The quantitative estimate of drug-likeness (QED) is 0.685. The maximum absolute atomic E-state index is 11.0. The SMILES string of the molecule is CCCOc1cccc(-c2cn(-c3ccc(C(=O)O)c(O)c3)cc2C#N)c1. The van der Waals surface area contributed by atoms with E-state index in [2.05, 4.69) is 6.07 Å². The van der Waals surface area contributed by atoms with Gasteiger partial charge in [-0.1, -0.05) is 19.1 Å². The molecular formula is C21H18N2O4. The molecule has 0 radical (unpaired) electrons. The molecule has 0 saturated carbocycles. The molecule has 0 bridgehead atoms. The predicted octanol–water partition coefficient (Wildman–Crippen LogP) is 4.21. The lowest BCUT2D eigenvalue weighted by atomic mass is 10.1. The van der Waals surface area contributed by atoms with E-state index in [0.29, 0.717) is 17.9 Å². The lowest BCUT2D eigenvalue weighted by Gasteiger charge is -2.07. The van der Waals surface area contributed by atoms with Crippen LogP contribution in [0.4, 0.5) is 0 Å². The van der Waals surface area contributed by atoms with Crippen molar-refractivity contribution in [2.24, 2.45) is 0 Å². The van der Waals surface area contributed by atoms with E-state index in [1.54, 1.807) is 23.0 Å². The van der Waals surface area contributed by atoms with E-state index in [4.69, 9.17) is 9.84 Å². The maximum Gasteiger partial charge on any atom is 0.339 e. The molecule has 0 unspecified atom stereocenters. The average Bonchev–Trinajstić information content (AvgIpc) is 3.10. The number of ether oxygens (including phenoxy) is 1. The highest BCUT2D eigenvalue weighted by atomic mass is 16.5. The third-order valence-corrected chi connectivity index (χ3v) is 4.07. The number of phenols is 1. The molecule has 0 amide bonds. The fourth-order valence-electron chi connectivity index (χ4n) is 2.76. The smallest absolute Gasteiger partial charge is 0.339 e. The van der Waals surface area contributed by atoms with Crippen LogP contribution in [0.3, 0.4) is 0 Å². The Morgan fingerprint density at radius 3 is 2.70 bits per heavy atom. The molecule has 0 spiro atoms. The van der Waals surface area contributed by atoms with Crippen molar-refractivity contribution in [2.45, 2.75) is 13.3 Å².